The number of urea groups is 1. The van der Waals surface area contributed by atoms with Crippen molar-refractivity contribution in [1.82, 2.24) is 15.1 Å². The number of amides is 5. The number of esters is 1. The van der Waals surface area contributed by atoms with Crippen LogP contribution in [0.2, 0.25) is 0 Å². The summed E-state index contributed by atoms with van der Waals surface area (Å²) in [6, 6.07) is 6.10. The number of nitrogens with zero attached hydrogens (tertiary/aromatic N) is 2. The summed E-state index contributed by atoms with van der Waals surface area (Å²) in [4.78, 5) is 62.0. The predicted molar refractivity (Wildman–Crippen MR) is 105 cm³/mol. The number of likely N-dealkylation sites (N-methyl/N-ethyl adjacent to an activating group) is 1. The van der Waals surface area contributed by atoms with E-state index in [9.17, 15) is 24.0 Å². The number of benzene rings is 1. The summed E-state index contributed by atoms with van der Waals surface area (Å²) in [5.41, 5.74) is 0.626. The van der Waals surface area contributed by atoms with Gasteiger partial charge in [0, 0.05) is 13.1 Å². The van der Waals surface area contributed by atoms with Gasteiger partial charge in [0.2, 0.25) is 0 Å². The molecule has 30 heavy (non-hydrogen) atoms. The number of ether oxygens (including phenoxy) is 1. The van der Waals surface area contributed by atoms with Crippen molar-refractivity contribution >= 4 is 35.4 Å². The Bertz CT molecular complexity index is 865. The molecule has 5 amide bonds. The SMILES string of the molecule is CN1CC(=O)N(CC(=O)OCC(=O)Nc2ccccc2C(=O)NC2CCCC2)C1=O. The molecule has 2 N–H and O–H groups in total. The Morgan fingerprint density at radius 1 is 1.13 bits per heavy atom. The van der Waals surface area contributed by atoms with Gasteiger partial charge in [-0.2, -0.15) is 0 Å². The average molecular weight is 416 g/mol. The number of rotatable bonds is 7. The van der Waals surface area contributed by atoms with Crippen LogP contribution < -0.4 is 10.6 Å². The third-order valence-electron chi connectivity index (χ3n) is 5.02. The van der Waals surface area contributed by atoms with Crippen molar-refractivity contribution in [3.63, 3.8) is 0 Å². The molecule has 10 heteroatoms. The largest absolute Gasteiger partial charge is 0.454 e. The number of hydrogen-bond acceptors (Lipinski definition) is 6. The van der Waals surface area contributed by atoms with Crippen LogP contribution in [0.5, 0.6) is 0 Å². The van der Waals surface area contributed by atoms with Crippen LogP contribution in [0.4, 0.5) is 10.5 Å². The van der Waals surface area contributed by atoms with E-state index < -0.39 is 37.0 Å². The number of carbonyl (C=O) groups excluding carboxylic acids is 5. The maximum atomic E-state index is 12.5. The van der Waals surface area contributed by atoms with Crippen LogP contribution in [0.3, 0.4) is 0 Å². The molecule has 3 rings (SSSR count). The molecule has 1 aromatic rings. The first-order valence-corrected chi connectivity index (χ1v) is 9.76. The van der Waals surface area contributed by atoms with E-state index in [1.807, 2.05) is 0 Å². The molecule has 160 valence electrons. The van der Waals surface area contributed by atoms with Crippen LogP contribution in [0.15, 0.2) is 24.3 Å². The van der Waals surface area contributed by atoms with Gasteiger partial charge in [0.05, 0.1) is 11.3 Å². The van der Waals surface area contributed by atoms with Gasteiger partial charge in [-0.05, 0) is 25.0 Å². The molecule has 0 radical (unpaired) electrons. The number of imide groups is 1. The predicted octanol–water partition coefficient (Wildman–Crippen LogP) is 0.735. The number of anilines is 1. The van der Waals surface area contributed by atoms with E-state index in [0.29, 0.717) is 11.3 Å². The summed E-state index contributed by atoms with van der Waals surface area (Å²) in [5, 5.41) is 5.52. The molecule has 0 aromatic heterocycles. The van der Waals surface area contributed by atoms with Crippen LogP contribution in [-0.4, -0.2) is 72.3 Å². The maximum absolute atomic E-state index is 12.5. The second-order valence-electron chi connectivity index (χ2n) is 7.33. The average Bonchev–Trinajstić information content (AvgIpc) is 3.30. The molecule has 1 heterocycles. The van der Waals surface area contributed by atoms with Crippen molar-refractivity contribution in [2.75, 3.05) is 32.1 Å². The van der Waals surface area contributed by atoms with Crippen molar-refractivity contribution in [2.45, 2.75) is 31.7 Å². The molecule has 0 atom stereocenters. The molecule has 0 bridgehead atoms. The summed E-state index contributed by atoms with van der Waals surface area (Å²) in [6.07, 6.45) is 4.04. The van der Waals surface area contributed by atoms with Crippen molar-refractivity contribution in [3.05, 3.63) is 29.8 Å². The second kappa shape index (κ2) is 9.38. The number of nitrogens with one attached hydrogen (secondary N) is 2. The molecule has 1 saturated carbocycles. The molecule has 1 saturated heterocycles. The van der Waals surface area contributed by atoms with Gasteiger partial charge >= 0.3 is 12.0 Å². The van der Waals surface area contributed by atoms with E-state index in [1.165, 1.54) is 11.9 Å². The fourth-order valence-corrected chi connectivity index (χ4v) is 3.45. The quantitative estimate of drug-likeness (QED) is 0.499. The highest BCUT2D eigenvalue weighted by Crippen LogP contribution is 2.20. The smallest absolute Gasteiger partial charge is 0.327 e. The molecule has 1 aromatic carbocycles. The lowest BCUT2D eigenvalue weighted by atomic mass is 10.1. The van der Waals surface area contributed by atoms with Crippen LogP contribution >= 0.6 is 0 Å². The molecule has 2 fully saturated rings. The zero-order valence-electron chi connectivity index (χ0n) is 16.7. The first-order chi connectivity index (χ1) is 14.3. The van der Waals surface area contributed by atoms with Gasteiger partial charge in [0.1, 0.15) is 13.1 Å². The Hall–Kier alpha value is -3.43. The van der Waals surface area contributed by atoms with Crippen LogP contribution in [0.1, 0.15) is 36.0 Å². The van der Waals surface area contributed by atoms with Crippen LogP contribution in [-0.2, 0) is 19.1 Å². The van der Waals surface area contributed by atoms with E-state index in [0.717, 1.165) is 30.6 Å². The summed E-state index contributed by atoms with van der Waals surface area (Å²) in [6.45, 7) is -1.27. The lowest BCUT2D eigenvalue weighted by Gasteiger charge is -2.15. The number of carbonyl (C=O) groups is 5. The Labute approximate surface area is 173 Å². The van der Waals surface area contributed by atoms with Gasteiger partial charge in [-0.25, -0.2) is 4.79 Å². The molecular formula is C20H24N4O6. The fraction of sp³-hybridized carbons (Fsp3) is 0.450. The third-order valence-corrected chi connectivity index (χ3v) is 5.02. The highest BCUT2D eigenvalue weighted by molar-refractivity contribution is 6.05. The minimum Gasteiger partial charge on any atom is -0.454 e. The fourth-order valence-electron chi connectivity index (χ4n) is 3.45. The number of para-hydroxylation sites is 1. The topological polar surface area (TPSA) is 125 Å². The van der Waals surface area contributed by atoms with Crippen LogP contribution in [0.25, 0.3) is 0 Å². The molecule has 1 aliphatic carbocycles. The monoisotopic (exact) mass is 416 g/mol. The summed E-state index contributed by atoms with van der Waals surface area (Å²) < 4.78 is 4.86. The highest BCUT2D eigenvalue weighted by Gasteiger charge is 2.35. The Balaban J connectivity index is 1.51. The van der Waals surface area contributed by atoms with Gasteiger partial charge in [0.25, 0.3) is 17.7 Å². The standard InChI is InChI=1S/C20H24N4O6/c1-23-10-17(26)24(20(23)29)11-18(27)30-12-16(25)22-15-9-5-4-8-14(15)19(28)21-13-6-2-3-7-13/h4-5,8-9,13H,2-3,6-7,10-12H2,1H3,(H,21,28)(H,22,25). The minimum absolute atomic E-state index is 0.105. The Kier molecular flexibility index (Phi) is 6.65. The first-order valence-electron chi connectivity index (χ1n) is 9.76. The van der Waals surface area contributed by atoms with E-state index in [-0.39, 0.29) is 18.5 Å². The lowest BCUT2D eigenvalue weighted by Crippen LogP contribution is -2.37. The second-order valence-corrected chi connectivity index (χ2v) is 7.33. The summed E-state index contributed by atoms with van der Waals surface area (Å²) in [7, 11) is 1.44. The van der Waals surface area contributed by atoms with Gasteiger partial charge in [-0.1, -0.05) is 25.0 Å². The number of hydrogen-bond donors (Lipinski definition) is 2. The minimum atomic E-state index is -0.880. The molecule has 2 aliphatic rings. The van der Waals surface area contributed by atoms with E-state index >= 15 is 0 Å². The van der Waals surface area contributed by atoms with Crippen molar-refractivity contribution < 1.29 is 28.7 Å². The van der Waals surface area contributed by atoms with Gasteiger partial charge < -0.3 is 20.3 Å². The lowest BCUT2D eigenvalue weighted by molar-refractivity contribution is -0.149. The molecule has 10 nitrogen and oxygen atoms in total. The molecule has 1 aliphatic heterocycles. The van der Waals surface area contributed by atoms with Gasteiger partial charge in [-0.15, -0.1) is 0 Å². The van der Waals surface area contributed by atoms with Crippen molar-refractivity contribution in [1.29, 1.82) is 0 Å². The molecule has 0 unspecified atom stereocenters. The summed E-state index contributed by atoms with van der Waals surface area (Å²) >= 11 is 0. The van der Waals surface area contributed by atoms with E-state index in [2.05, 4.69) is 10.6 Å². The zero-order valence-corrected chi connectivity index (χ0v) is 16.7. The maximum Gasteiger partial charge on any atom is 0.327 e. The first kappa shape index (κ1) is 21.3. The van der Waals surface area contributed by atoms with Crippen LogP contribution in [0, 0.1) is 0 Å². The van der Waals surface area contributed by atoms with Gasteiger partial charge in [0.15, 0.2) is 6.61 Å². The van der Waals surface area contributed by atoms with Gasteiger partial charge in [-0.3, -0.25) is 24.1 Å². The molecular weight excluding hydrogens is 392 g/mol. The van der Waals surface area contributed by atoms with Crippen molar-refractivity contribution in [2.24, 2.45) is 0 Å². The zero-order chi connectivity index (χ0) is 21.7. The Morgan fingerprint density at radius 3 is 2.50 bits per heavy atom. The van der Waals surface area contributed by atoms with E-state index in [4.69, 9.17) is 4.74 Å². The Morgan fingerprint density at radius 2 is 1.83 bits per heavy atom. The van der Waals surface area contributed by atoms with E-state index in [1.54, 1.807) is 24.3 Å². The molecule has 0 spiro atoms. The normalized spacial score (nSPS) is 16.7. The summed E-state index contributed by atoms with van der Waals surface area (Å²) in [5.74, 6) is -2.30. The third kappa shape index (κ3) is 5.13. The van der Waals surface area contributed by atoms with Crippen molar-refractivity contribution in [3.8, 4) is 0 Å². The highest BCUT2D eigenvalue weighted by atomic mass is 16.5.